The van der Waals surface area contributed by atoms with E-state index in [1.165, 1.54) is 0 Å². The molecule has 6 nitrogen and oxygen atoms in total. The maximum atomic E-state index is 12.3. The van der Waals surface area contributed by atoms with Crippen LogP contribution in [0.5, 0.6) is 5.88 Å². The van der Waals surface area contributed by atoms with E-state index < -0.39 is 0 Å². The topological polar surface area (TPSA) is 76.1 Å². The first-order valence-corrected chi connectivity index (χ1v) is 9.34. The predicted octanol–water partition coefficient (Wildman–Crippen LogP) is 3.81. The Morgan fingerprint density at radius 3 is 2.61 bits per heavy atom. The lowest BCUT2D eigenvalue weighted by Gasteiger charge is -2.09. The lowest BCUT2D eigenvalue weighted by Crippen LogP contribution is -2.23. The minimum Gasteiger partial charge on any atom is -0.478 e. The molecule has 0 fully saturated rings. The summed E-state index contributed by atoms with van der Waals surface area (Å²) in [6.45, 7) is 3.78. The zero-order valence-corrected chi connectivity index (χ0v) is 15.9. The molecule has 2 N–H and O–H groups in total. The second-order valence-electron chi connectivity index (χ2n) is 6.30. The van der Waals surface area contributed by atoms with Gasteiger partial charge < -0.3 is 15.4 Å². The Balaban J connectivity index is 1.53. The molecular weight excluding hydrogens is 352 g/mol. The van der Waals surface area contributed by atoms with E-state index in [9.17, 15) is 4.79 Å². The number of hydrogen-bond acceptors (Lipinski definition) is 5. The van der Waals surface area contributed by atoms with Gasteiger partial charge in [0, 0.05) is 37.2 Å². The number of amides is 1. The SMILES string of the molecule is CCCOc1ccc(CNc2ccnc(C(=O)NCc3ccccc3)c2)cn1. The van der Waals surface area contributed by atoms with Crippen molar-refractivity contribution in [1.29, 1.82) is 0 Å². The first-order chi connectivity index (χ1) is 13.7. The molecule has 0 saturated carbocycles. The minimum atomic E-state index is -0.202. The van der Waals surface area contributed by atoms with Crippen LogP contribution in [0.2, 0.25) is 0 Å². The van der Waals surface area contributed by atoms with Crippen molar-refractivity contribution in [3.05, 3.63) is 83.8 Å². The summed E-state index contributed by atoms with van der Waals surface area (Å²) < 4.78 is 5.49. The van der Waals surface area contributed by atoms with Gasteiger partial charge in [-0.2, -0.15) is 0 Å². The average Bonchev–Trinajstić information content (AvgIpc) is 2.76. The number of nitrogens with zero attached hydrogens (tertiary/aromatic N) is 2. The van der Waals surface area contributed by atoms with Gasteiger partial charge in [0.25, 0.3) is 5.91 Å². The standard InChI is InChI=1S/C22H24N4O2/c1-2-12-28-21-9-8-18(16-25-21)15-24-19-10-11-23-20(13-19)22(27)26-14-17-6-4-3-5-7-17/h3-11,13,16H,2,12,14-15H2,1H3,(H,23,24)(H,26,27). The summed E-state index contributed by atoms with van der Waals surface area (Å²) >= 11 is 0. The Bertz CT molecular complexity index is 883. The number of carbonyl (C=O) groups is 1. The van der Waals surface area contributed by atoms with Crippen molar-refractivity contribution in [2.45, 2.75) is 26.4 Å². The lowest BCUT2D eigenvalue weighted by molar-refractivity contribution is 0.0946. The molecule has 3 rings (SSSR count). The van der Waals surface area contributed by atoms with Crippen LogP contribution in [0.4, 0.5) is 5.69 Å². The zero-order chi connectivity index (χ0) is 19.6. The smallest absolute Gasteiger partial charge is 0.270 e. The van der Waals surface area contributed by atoms with Gasteiger partial charge in [-0.05, 0) is 29.7 Å². The Kier molecular flexibility index (Phi) is 6.95. The second-order valence-corrected chi connectivity index (χ2v) is 6.30. The maximum Gasteiger partial charge on any atom is 0.270 e. The normalized spacial score (nSPS) is 10.3. The summed E-state index contributed by atoms with van der Waals surface area (Å²) in [5.41, 5.74) is 3.27. The van der Waals surface area contributed by atoms with Crippen molar-refractivity contribution in [2.24, 2.45) is 0 Å². The highest BCUT2D eigenvalue weighted by molar-refractivity contribution is 5.93. The molecule has 0 aliphatic heterocycles. The monoisotopic (exact) mass is 376 g/mol. The van der Waals surface area contributed by atoms with E-state index in [1.807, 2.05) is 48.5 Å². The van der Waals surface area contributed by atoms with Gasteiger partial charge in [0.15, 0.2) is 0 Å². The molecule has 6 heteroatoms. The third-order valence-electron chi connectivity index (χ3n) is 4.04. The van der Waals surface area contributed by atoms with Crippen LogP contribution in [0.1, 0.15) is 35.0 Å². The summed E-state index contributed by atoms with van der Waals surface area (Å²) in [5.74, 6) is 0.429. The number of pyridine rings is 2. The van der Waals surface area contributed by atoms with E-state index in [2.05, 4.69) is 27.5 Å². The second kappa shape index (κ2) is 10.1. The zero-order valence-electron chi connectivity index (χ0n) is 15.9. The van der Waals surface area contributed by atoms with Crippen molar-refractivity contribution < 1.29 is 9.53 Å². The summed E-state index contributed by atoms with van der Waals surface area (Å²) in [6, 6.07) is 17.2. The van der Waals surface area contributed by atoms with Crippen LogP contribution in [-0.2, 0) is 13.1 Å². The molecule has 0 saturated heterocycles. The van der Waals surface area contributed by atoms with Crippen LogP contribution in [0.25, 0.3) is 0 Å². The average molecular weight is 376 g/mol. The van der Waals surface area contributed by atoms with E-state index in [-0.39, 0.29) is 5.91 Å². The number of benzene rings is 1. The van der Waals surface area contributed by atoms with Crippen molar-refractivity contribution in [1.82, 2.24) is 15.3 Å². The molecule has 0 atom stereocenters. The first kappa shape index (κ1) is 19.4. The van der Waals surface area contributed by atoms with Gasteiger partial charge >= 0.3 is 0 Å². The third kappa shape index (κ3) is 5.81. The van der Waals surface area contributed by atoms with E-state index in [0.717, 1.165) is 23.2 Å². The fourth-order valence-electron chi connectivity index (χ4n) is 2.55. The van der Waals surface area contributed by atoms with Crippen molar-refractivity contribution in [2.75, 3.05) is 11.9 Å². The predicted molar refractivity (Wildman–Crippen MR) is 109 cm³/mol. The number of rotatable bonds is 9. The highest BCUT2D eigenvalue weighted by Gasteiger charge is 2.08. The van der Waals surface area contributed by atoms with Crippen LogP contribution in [0.15, 0.2) is 67.0 Å². The fourth-order valence-corrected chi connectivity index (χ4v) is 2.55. The van der Waals surface area contributed by atoms with E-state index >= 15 is 0 Å². The minimum absolute atomic E-state index is 0.202. The van der Waals surface area contributed by atoms with Gasteiger partial charge in [0.2, 0.25) is 5.88 Å². The molecule has 2 aromatic heterocycles. The number of aromatic nitrogens is 2. The summed E-state index contributed by atoms with van der Waals surface area (Å²) in [4.78, 5) is 20.8. The molecule has 0 aliphatic rings. The Hall–Kier alpha value is -3.41. The maximum absolute atomic E-state index is 12.3. The molecule has 3 aromatic rings. The van der Waals surface area contributed by atoms with Crippen LogP contribution >= 0.6 is 0 Å². The third-order valence-corrected chi connectivity index (χ3v) is 4.04. The van der Waals surface area contributed by atoms with E-state index in [0.29, 0.717) is 31.3 Å². The lowest BCUT2D eigenvalue weighted by atomic mass is 10.2. The van der Waals surface area contributed by atoms with Crippen LogP contribution < -0.4 is 15.4 Å². The molecule has 0 bridgehead atoms. The fraction of sp³-hybridized carbons (Fsp3) is 0.227. The summed E-state index contributed by atoms with van der Waals surface area (Å²) in [5, 5.41) is 6.18. The summed E-state index contributed by atoms with van der Waals surface area (Å²) in [7, 11) is 0. The van der Waals surface area contributed by atoms with Crippen molar-refractivity contribution >= 4 is 11.6 Å². The van der Waals surface area contributed by atoms with E-state index in [1.54, 1.807) is 18.5 Å². The van der Waals surface area contributed by atoms with Crippen molar-refractivity contribution in [3.8, 4) is 5.88 Å². The molecule has 0 aliphatic carbocycles. The molecule has 2 heterocycles. The number of nitrogens with one attached hydrogen (secondary N) is 2. The Morgan fingerprint density at radius 2 is 1.86 bits per heavy atom. The molecule has 0 spiro atoms. The van der Waals surface area contributed by atoms with Crippen molar-refractivity contribution in [3.63, 3.8) is 0 Å². The molecule has 1 aromatic carbocycles. The number of anilines is 1. The number of hydrogen-bond donors (Lipinski definition) is 2. The Morgan fingerprint density at radius 1 is 1.00 bits per heavy atom. The summed E-state index contributed by atoms with van der Waals surface area (Å²) in [6.07, 6.45) is 4.36. The molecule has 28 heavy (non-hydrogen) atoms. The Labute approximate surface area is 165 Å². The van der Waals surface area contributed by atoms with Gasteiger partial charge in [0.05, 0.1) is 6.61 Å². The highest BCUT2D eigenvalue weighted by atomic mass is 16.5. The first-order valence-electron chi connectivity index (χ1n) is 9.34. The quantitative estimate of drug-likeness (QED) is 0.594. The van der Waals surface area contributed by atoms with Gasteiger partial charge in [-0.15, -0.1) is 0 Å². The van der Waals surface area contributed by atoms with Crippen LogP contribution in [0.3, 0.4) is 0 Å². The number of carbonyl (C=O) groups excluding carboxylic acids is 1. The molecule has 0 radical (unpaired) electrons. The highest BCUT2D eigenvalue weighted by Crippen LogP contribution is 2.12. The van der Waals surface area contributed by atoms with Gasteiger partial charge in [-0.25, -0.2) is 4.98 Å². The van der Waals surface area contributed by atoms with Gasteiger partial charge in [-0.3, -0.25) is 9.78 Å². The molecule has 144 valence electrons. The van der Waals surface area contributed by atoms with Gasteiger partial charge in [-0.1, -0.05) is 43.3 Å². The largest absolute Gasteiger partial charge is 0.478 e. The van der Waals surface area contributed by atoms with Gasteiger partial charge in [0.1, 0.15) is 5.69 Å². The molecule has 1 amide bonds. The van der Waals surface area contributed by atoms with Crippen LogP contribution in [0, 0.1) is 0 Å². The molecular formula is C22H24N4O2. The van der Waals surface area contributed by atoms with E-state index in [4.69, 9.17) is 4.74 Å². The molecule has 0 unspecified atom stereocenters. The van der Waals surface area contributed by atoms with Crippen LogP contribution in [-0.4, -0.2) is 22.5 Å². The number of ether oxygens (including phenoxy) is 1.